The average Bonchev–Trinajstić information content (AvgIpc) is 3.25. The van der Waals surface area contributed by atoms with Crippen molar-refractivity contribution in [1.29, 1.82) is 0 Å². The molecule has 0 fully saturated rings. The van der Waals surface area contributed by atoms with Gasteiger partial charge in [0.1, 0.15) is 11.9 Å². The number of anilines is 1. The zero-order chi connectivity index (χ0) is 23.7. The summed E-state index contributed by atoms with van der Waals surface area (Å²) in [5.74, 6) is -0.871. The van der Waals surface area contributed by atoms with Crippen molar-refractivity contribution in [2.75, 3.05) is 5.32 Å². The average molecular weight is 443 g/mol. The Labute approximate surface area is 184 Å². The van der Waals surface area contributed by atoms with E-state index in [1.807, 2.05) is 0 Å². The molecule has 2 atom stereocenters. The summed E-state index contributed by atoms with van der Waals surface area (Å²) in [6.07, 6.45) is -1.53. The molecule has 32 heavy (non-hydrogen) atoms. The molecular weight excluding hydrogens is 417 g/mol. The molecule has 0 bridgehead atoms. The molecule has 2 aromatic heterocycles. The van der Waals surface area contributed by atoms with Crippen molar-refractivity contribution in [1.82, 2.24) is 20.1 Å². The summed E-state index contributed by atoms with van der Waals surface area (Å²) in [7, 11) is 1.66. The standard InChI is InChI=1S/C22H26FN5O4/c1-10-9-15(7-8-16(10)23)25-20(30)17-11(2)18(28(6)13(17)4)19(29)21(31)24-12(3)22-27-26-14(5)32-22/h7-9,12,19,29H,1-6H3,(H,24,31)(H,25,30). The molecule has 3 N–H and O–H groups in total. The third kappa shape index (κ3) is 4.40. The Hall–Kier alpha value is -3.53. The number of aromatic nitrogens is 3. The van der Waals surface area contributed by atoms with Crippen LogP contribution in [0.15, 0.2) is 22.6 Å². The summed E-state index contributed by atoms with van der Waals surface area (Å²) in [5, 5.41) is 23.7. The normalized spacial score (nSPS) is 13.0. The second kappa shape index (κ2) is 8.91. The van der Waals surface area contributed by atoms with Gasteiger partial charge < -0.3 is 24.7 Å². The van der Waals surface area contributed by atoms with Gasteiger partial charge in [0.25, 0.3) is 11.8 Å². The van der Waals surface area contributed by atoms with E-state index in [0.29, 0.717) is 34.0 Å². The Morgan fingerprint density at radius 3 is 2.47 bits per heavy atom. The van der Waals surface area contributed by atoms with Crippen molar-refractivity contribution in [3.63, 3.8) is 0 Å². The van der Waals surface area contributed by atoms with E-state index in [9.17, 15) is 19.1 Å². The molecule has 0 aliphatic rings. The number of hydrogen-bond acceptors (Lipinski definition) is 6. The summed E-state index contributed by atoms with van der Waals surface area (Å²) in [5.41, 5.74) is 2.50. The Balaban J connectivity index is 1.83. The van der Waals surface area contributed by atoms with Crippen LogP contribution in [-0.4, -0.2) is 31.7 Å². The van der Waals surface area contributed by atoms with E-state index in [1.54, 1.807) is 46.2 Å². The van der Waals surface area contributed by atoms with E-state index < -0.39 is 24.0 Å². The minimum absolute atomic E-state index is 0.220. The maximum absolute atomic E-state index is 13.5. The monoisotopic (exact) mass is 443 g/mol. The third-order valence-corrected chi connectivity index (χ3v) is 5.41. The topological polar surface area (TPSA) is 122 Å². The van der Waals surface area contributed by atoms with Gasteiger partial charge in [-0.2, -0.15) is 0 Å². The number of hydrogen-bond donors (Lipinski definition) is 3. The molecule has 0 saturated carbocycles. The Morgan fingerprint density at radius 2 is 1.88 bits per heavy atom. The maximum atomic E-state index is 13.5. The number of halogens is 1. The van der Waals surface area contributed by atoms with Gasteiger partial charge in [0, 0.05) is 25.4 Å². The molecule has 170 valence electrons. The van der Waals surface area contributed by atoms with Crippen LogP contribution in [0, 0.1) is 33.5 Å². The summed E-state index contributed by atoms with van der Waals surface area (Å²) in [6, 6.07) is 3.67. The third-order valence-electron chi connectivity index (χ3n) is 5.41. The lowest BCUT2D eigenvalue weighted by Gasteiger charge is -2.16. The van der Waals surface area contributed by atoms with Crippen LogP contribution in [0.25, 0.3) is 0 Å². The molecule has 1 aromatic carbocycles. The lowest BCUT2D eigenvalue weighted by molar-refractivity contribution is -0.130. The first-order valence-corrected chi connectivity index (χ1v) is 10.0. The summed E-state index contributed by atoms with van der Waals surface area (Å²) in [4.78, 5) is 25.6. The Kier molecular flexibility index (Phi) is 6.45. The van der Waals surface area contributed by atoms with Gasteiger partial charge in [0.2, 0.25) is 11.8 Å². The van der Waals surface area contributed by atoms with E-state index in [0.717, 1.165) is 0 Å². The molecule has 2 heterocycles. The quantitative estimate of drug-likeness (QED) is 0.538. The van der Waals surface area contributed by atoms with Crippen LogP contribution in [0.2, 0.25) is 0 Å². The van der Waals surface area contributed by atoms with Crippen molar-refractivity contribution in [3.8, 4) is 0 Å². The van der Waals surface area contributed by atoms with Crippen LogP contribution in [0.3, 0.4) is 0 Å². The molecule has 10 heteroatoms. The highest BCUT2D eigenvalue weighted by Crippen LogP contribution is 2.28. The van der Waals surface area contributed by atoms with Crippen LogP contribution in [0.5, 0.6) is 0 Å². The molecule has 2 amide bonds. The number of nitrogens with zero attached hydrogens (tertiary/aromatic N) is 3. The van der Waals surface area contributed by atoms with E-state index in [1.165, 1.54) is 18.2 Å². The molecule has 0 radical (unpaired) electrons. The highest BCUT2D eigenvalue weighted by Gasteiger charge is 2.30. The summed E-state index contributed by atoms with van der Waals surface area (Å²) < 4.78 is 20.4. The Bertz CT molecular complexity index is 1180. The minimum atomic E-state index is -1.53. The smallest absolute Gasteiger partial charge is 0.257 e. The van der Waals surface area contributed by atoms with Crippen LogP contribution in [-0.2, 0) is 11.8 Å². The summed E-state index contributed by atoms with van der Waals surface area (Å²) >= 11 is 0. The van der Waals surface area contributed by atoms with E-state index in [4.69, 9.17) is 4.42 Å². The van der Waals surface area contributed by atoms with Crippen molar-refractivity contribution in [2.45, 2.75) is 46.8 Å². The van der Waals surface area contributed by atoms with Gasteiger partial charge in [-0.25, -0.2) is 4.39 Å². The van der Waals surface area contributed by atoms with Gasteiger partial charge in [0.15, 0.2) is 6.10 Å². The molecular formula is C22H26FN5O4. The Morgan fingerprint density at radius 1 is 1.19 bits per heavy atom. The molecule has 9 nitrogen and oxygen atoms in total. The number of aryl methyl sites for hydroxylation is 2. The number of carbonyl (C=O) groups is 2. The lowest BCUT2D eigenvalue weighted by atomic mass is 10.1. The summed E-state index contributed by atoms with van der Waals surface area (Å²) in [6.45, 7) is 8.28. The van der Waals surface area contributed by atoms with Crippen molar-refractivity contribution in [3.05, 3.63) is 63.9 Å². The number of nitrogens with one attached hydrogen (secondary N) is 2. The van der Waals surface area contributed by atoms with Gasteiger partial charge in [-0.3, -0.25) is 9.59 Å². The molecule has 3 rings (SSSR count). The lowest BCUT2D eigenvalue weighted by Crippen LogP contribution is -2.33. The minimum Gasteiger partial charge on any atom is -0.423 e. The number of carbonyl (C=O) groups excluding carboxylic acids is 2. The fourth-order valence-corrected chi connectivity index (χ4v) is 3.60. The van der Waals surface area contributed by atoms with E-state index in [2.05, 4.69) is 20.8 Å². The van der Waals surface area contributed by atoms with Gasteiger partial charge >= 0.3 is 0 Å². The fraction of sp³-hybridized carbons (Fsp3) is 0.364. The predicted octanol–water partition coefficient (Wildman–Crippen LogP) is 2.94. The second-order valence-electron chi connectivity index (χ2n) is 7.74. The molecule has 2 unspecified atom stereocenters. The molecule has 0 spiro atoms. The number of aliphatic hydroxyl groups excluding tert-OH is 1. The van der Waals surface area contributed by atoms with Crippen LogP contribution in [0.4, 0.5) is 10.1 Å². The number of benzene rings is 1. The van der Waals surface area contributed by atoms with Gasteiger partial charge in [0.05, 0.1) is 11.3 Å². The van der Waals surface area contributed by atoms with E-state index >= 15 is 0 Å². The number of amides is 2. The van der Waals surface area contributed by atoms with Crippen LogP contribution in [0.1, 0.15) is 63.7 Å². The van der Waals surface area contributed by atoms with Crippen molar-refractivity contribution < 1.29 is 23.5 Å². The fourth-order valence-electron chi connectivity index (χ4n) is 3.60. The highest BCUT2D eigenvalue weighted by atomic mass is 19.1. The largest absolute Gasteiger partial charge is 0.423 e. The number of aliphatic hydroxyl groups is 1. The van der Waals surface area contributed by atoms with Gasteiger partial charge in [-0.1, -0.05) is 0 Å². The SMILES string of the molecule is Cc1nnc(C(C)NC(=O)C(O)c2c(C)c(C(=O)Nc3ccc(F)c(C)c3)c(C)n2C)o1. The first-order valence-electron chi connectivity index (χ1n) is 10.0. The van der Waals surface area contributed by atoms with E-state index in [-0.39, 0.29) is 17.4 Å². The predicted molar refractivity (Wildman–Crippen MR) is 115 cm³/mol. The van der Waals surface area contributed by atoms with Gasteiger partial charge in [-0.05, 0) is 57.0 Å². The van der Waals surface area contributed by atoms with Gasteiger partial charge in [-0.15, -0.1) is 10.2 Å². The van der Waals surface area contributed by atoms with Crippen molar-refractivity contribution >= 4 is 17.5 Å². The number of rotatable bonds is 6. The second-order valence-corrected chi connectivity index (χ2v) is 7.74. The maximum Gasteiger partial charge on any atom is 0.257 e. The molecule has 0 saturated heterocycles. The molecule has 0 aliphatic carbocycles. The first-order chi connectivity index (χ1) is 15.0. The molecule has 3 aromatic rings. The first kappa shape index (κ1) is 23.1. The molecule has 0 aliphatic heterocycles. The zero-order valence-corrected chi connectivity index (χ0v) is 18.8. The van der Waals surface area contributed by atoms with Crippen molar-refractivity contribution in [2.24, 2.45) is 7.05 Å². The zero-order valence-electron chi connectivity index (χ0n) is 18.8. The van der Waals surface area contributed by atoms with Crippen LogP contribution < -0.4 is 10.6 Å². The highest BCUT2D eigenvalue weighted by molar-refractivity contribution is 6.06. The van der Waals surface area contributed by atoms with Crippen LogP contribution >= 0.6 is 0 Å².